The van der Waals surface area contributed by atoms with Gasteiger partial charge in [-0.2, -0.15) is 0 Å². The second-order valence-electron chi connectivity index (χ2n) is 7.41. The number of hydrogen-bond donors (Lipinski definition) is 0. The van der Waals surface area contributed by atoms with Crippen molar-refractivity contribution in [2.24, 2.45) is 0 Å². The van der Waals surface area contributed by atoms with Gasteiger partial charge in [0.1, 0.15) is 0 Å². The predicted molar refractivity (Wildman–Crippen MR) is 112 cm³/mol. The SMILES string of the molecule is Cc1ccc2c(c1)C[P+](c1ccccc1)(c1ccccc1)CC[C@@H]2C. The van der Waals surface area contributed by atoms with E-state index in [2.05, 4.69) is 92.7 Å². The molecule has 3 aromatic carbocycles. The highest BCUT2D eigenvalue weighted by atomic mass is 31.2. The molecule has 0 fully saturated rings. The molecule has 0 bridgehead atoms. The maximum atomic E-state index is 2.44. The minimum atomic E-state index is -1.43. The summed E-state index contributed by atoms with van der Waals surface area (Å²) in [5, 5.41) is 3.12. The van der Waals surface area contributed by atoms with Gasteiger partial charge in [0.15, 0.2) is 0 Å². The first-order valence-electron chi connectivity index (χ1n) is 9.27. The molecule has 0 saturated carbocycles. The van der Waals surface area contributed by atoms with Gasteiger partial charge in [0.25, 0.3) is 0 Å². The maximum absolute atomic E-state index is 2.44. The first-order chi connectivity index (χ1) is 12.2. The minimum absolute atomic E-state index is 0.643. The zero-order valence-corrected chi connectivity index (χ0v) is 16.0. The molecule has 1 heterocycles. The van der Waals surface area contributed by atoms with E-state index in [1.165, 1.54) is 24.3 Å². The Morgan fingerprint density at radius 2 is 1.40 bits per heavy atom. The molecule has 0 saturated heterocycles. The largest absolute Gasteiger partial charge is 0.0995 e. The average molecular weight is 345 g/mol. The molecule has 1 heteroatoms. The molecule has 0 radical (unpaired) electrons. The van der Waals surface area contributed by atoms with Crippen LogP contribution >= 0.6 is 7.26 Å². The minimum Gasteiger partial charge on any atom is -0.0620 e. The highest BCUT2D eigenvalue weighted by Gasteiger charge is 2.45. The van der Waals surface area contributed by atoms with Crippen molar-refractivity contribution in [3.8, 4) is 0 Å². The zero-order chi connectivity index (χ0) is 17.3. The Morgan fingerprint density at radius 3 is 2.00 bits per heavy atom. The Labute approximate surface area is 152 Å². The molecule has 1 aliphatic rings. The van der Waals surface area contributed by atoms with E-state index in [0.717, 1.165) is 0 Å². The van der Waals surface area contributed by atoms with Crippen LogP contribution < -0.4 is 10.6 Å². The molecule has 1 atom stereocenters. The van der Waals surface area contributed by atoms with E-state index >= 15 is 0 Å². The summed E-state index contributed by atoms with van der Waals surface area (Å²) in [6, 6.07) is 29.7. The van der Waals surface area contributed by atoms with Gasteiger partial charge in [0, 0.05) is 0 Å². The molecular formula is C24H26P+. The second kappa shape index (κ2) is 6.77. The van der Waals surface area contributed by atoms with Gasteiger partial charge in [-0.25, -0.2) is 0 Å². The van der Waals surface area contributed by atoms with Gasteiger partial charge >= 0.3 is 0 Å². The summed E-state index contributed by atoms with van der Waals surface area (Å²) in [5.74, 6) is 0.643. The highest BCUT2D eigenvalue weighted by Crippen LogP contribution is 2.62. The summed E-state index contributed by atoms with van der Waals surface area (Å²) in [4.78, 5) is 0. The van der Waals surface area contributed by atoms with Gasteiger partial charge in [-0.3, -0.25) is 0 Å². The van der Waals surface area contributed by atoms with Crippen LogP contribution in [-0.2, 0) is 6.16 Å². The average Bonchev–Trinajstić information content (AvgIpc) is 2.80. The van der Waals surface area contributed by atoms with Crippen LogP contribution in [0, 0.1) is 6.92 Å². The molecule has 0 aliphatic carbocycles. The molecule has 1 aliphatic heterocycles. The van der Waals surface area contributed by atoms with Crippen molar-refractivity contribution in [2.45, 2.75) is 32.3 Å². The van der Waals surface area contributed by atoms with Crippen molar-refractivity contribution in [2.75, 3.05) is 6.16 Å². The summed E-state index contributed by atoms with van der Waals surface area (Å²) < 4.78 is 0. The Hall–Kier alpha value is -1.91. The monoisotopic (exact) mass is 345 g/mol. The quantitative estimate of drug-likeness (QED) is 0.525. The molecule has 4 rings (SSSR count). The maximum Gasteiger partial charge on any atom is 0.0995 e. The summed E-state index contributed by atoms with van der Waals surface area (Å²) in [6.45, 7) is 4.63. The zero-order valence-electron chi connectivity index (χ0n) is 15.2. The van der Waals surface area contributed by atoms with Crippen LogP contribution in [0.3, 0.4) is 0 Å². The molecule has 0 spiro atoms. The molecule has 0 unspecified atom stereocenters. The van der Waals surface area contributed by atoms with Gasteiger partial charge in [-0.1, -0.05) is 67.1 Å². The Kier molecular flexibility index (Phi) is 4.48. The smallest absolute Gasteiger partial charge is 0.0620 e. The van der Waals surface area contributed by atoms with E-state index in [-0.39, 0.29) is 0 Å². The van der Waals surface area contributed by atoms with E-state index in [1.54, 1.807) is 21.7 Å². The molecule has 3 aromatic rings. The normalized spacial score (nSPS) is 19.0. The summed E-state index contributed by atoms with van der Waals surface area (Å²) >= 11 is 0. The molecule has 0 nitrogen and oxygen atoms in total. The lowest BCUT2D eigenvalue weighted by molar-refractivity contribution is 0.739. The van der Waals surface area contributed by atoms with Gasteiger partial charge in [-0.05, 0) is 54.7 Å². The van der Waals surface area contributed by atoms with E-state index in [1.807, 2.05) is 0 Å². The number of aryl methyl sites for hydroxylation is 1. The third-order valence-electron chi connectivity index (χ3n) is 5.71. The van der Waals surface area contributed by atoms with Crippen LogP contribution in [-0.4, -0.2) is 6.16 Å². The summed E-state index contributed by atoms with van der Waals surface area (Å²) in [5.41, 5.74) is 4.53. The molecule has 0 aromatic heterocycles. The van der Waals surface area contributed by atoms with Crippen molar-refractivity contribution in [1.82, 2.24) is 0 Å². The molecule has 0 amide bonds. The topological polar surface area (TPSA) is 0 Å². The van der Waals surface area contributed by atoms with Gasteiger partial charge < -0.3 is 0 Å². The number of rotatable bonds is 2. The number of hydrogen-bond acceptors (Lipinski definition) is 0. The summed E-state index contributed by atoms with van der Waals surface area (Å²) in [6.07, 6.45) is 3.77. The van der Waals surface area contributed by atoms with Crippen molar-refractivity contribution in [3.63, 3.8) is 0 Å². The lowest BCUT2D eigenvalue weighted by Crippen LogP contribution is -2.26. The Balaban J connectivity index is 1.93. The second-order valence-corrected chi connectivity index (χ2v) is 11.1. The number of fused-ring (bicyclic) bond motifs is 1. The molecule has 25 heavy (non-hydrogen) atoms. The van der Waals surface area contributed by atoms with Crippen LogP contribution in [0.4, 0.5) is 0 Å². The van der Waals surface area contributed by atoms with Crippen LogP contribution in [0.5, 0.6) is 0 Å². The fourth-order valence-electron chi connectivity index (χ4n) is 4.31. The first-order valence-corrected chi connectivity index (χ1v) is 11.4. The standard InChI is InChI=1S/C24H26P/c1-19-13-14-24-20(2)15-16-25(18-21(24)17-19,22-9-5-3-6-10-22)23-11-7-4-8-12-23/h3-14,17,20H,15-16,18H2,1-2H3/q+1/t20-/m0/s1. The lowest BCUT2D eigenvalue weighted by atomic mass is 9.93. The first kappa shape index (κ1) is 16.6. The molecule has 126 valence electrons. The van der Waals surface area contributed by atoms with E-state index < -0.39 is 7.26 Å². The van der Waals surface area contributed by atoms with E-state index in [0.29, 0.717) is 5.92 Å². The van der Waals surface area contributed by atoms with E-state index in [4.69, 9.17) is 0 Å². The van der Waals surface area contributed by atoms with Gasteiger partial charge in [-0.15, -0.1) is 0 Å². The third kappa shape index (κ3) is 3.05. The van der Waals surface area contributed by atoms with Crippen molar-refractivity contribution in [1.29, 1.82) is 0 Å². The van der Waals surface area contributed by atoms with Crippen LogP contribution in [0.25, 0.3) is 0 Å². The van der Waals surface area contributed by atoms with Crippen LogP contribution in [0.2, 0.25) is 0 Å². The third-order valence-corrected chi connectivity index (χ3v) is 10.2. The van der Waals surface area contributed by atoms with Crippen molar-refractivity contribution in [3.05, 3.63) is 95.6 Å². The van der Waals surface area contributed by atoms with Crippen molar-refractivity contribution >= 4 is 17.9 Å². The number of benzene rings is 3. The van der Waals surface area contributed by atoms with E-state index in [9.17, 15) is 0 Å². The van der Waals surface area contributed by atoms with Crippen LogP contribution in [0.1, 0.15) is 36.0 Å². The lowest BCUT2D eigenvalue weighted by Gasteiger charge is -2.26. The summed E-state index contributed by atoms with van der Waals surface area (Å²) in [7, 11) is -1.43. The van der Waals surface area contributed by atoms with Gasteiger partial charge in [0.05, 0.1) is 30.2 Å². The molecule has 0 N–H and O–H groups in total. The Morgan fingerprint density at radius 1 is 0.800 bits per heavy atom. The molecular weight excluding hydrogens is 319 g/mol. The fourth-order valence-corrected chi connectivity index (χ4v) is 8.82. The fraction of sp³-hybridized carbons (Fsp3) is 0.250. The predicted octanol–water partition coefficient (Wildman–Crippen LogP) is 5.67. The van der Waals surface area contributed by atoms with Crippen LogP contribution in [0.15, 0.2) is 78.9 Å². The highest BCUT2D eigenvalue weighted by molar-refractivity contribution is 7.88. The Bertz CT molecular complexity index is 812. The van der Waals surface area contributed by atoms with Crippen molar-refractivity contribution < 1.29 is 0 Å². The van der Waals surface area contributed by atoms with Gasteiger partial charge in [0.2, 0.25) is 0 Å².